The smallest absolute Gasteiger partial charge is 0.246 e. The normalized spacial score (nSPS) is 10.8. The third-order valence-corrected chi connectivity index (χ3v) is 3.53. The highest BCUT2D eigenvalue weighted by Gasteiger charge is 2.09. The van der Waals surface area contributed by atoms with Gasteiger partial charge in [-0.2, -0.15) is 0 Å². The van der Waals surface area contributed by atoms with Crippen LogP contribution < -0.4 is 4.74 Å². The van der Waals surface area contributed by atoms with E-state index >= 15 is 0 Å². The number of halogens is 1. The first-order valence-electron chi connectivity index (χ1n) is 7.32. The van der Waals surface area contributed by atoms with Crippen LogP contribution in [0.2, 0.25) is 0 Å². The number of methoxy groups -OCH3 is 1. The van der Waals surface area contributed by atoms with Gasteiger partial charge in [-0.25, -0.2) is 4.39 Å². The molecule has 0 radical (unpaired) electrons. The van der Waals surface area contributed by atoms with E-state index in [0.717, 1.165) is 11.1 Å². The quantitative estimate of drug-likeness (QED) is 0.786. The Kier molecular flexibility index (Phi) is 5.52. The monoisotopic (exact) mass is 313 g/mol. The van der Waals surface area contributed by atoms with Gasteiger partial charge in [0.1, 0.15) is 11.6 Å². The molecule has 0 spiro atoms. The molecule has 0 saturated carbocycles. The van der Waals surface area contributed by atoms with Gasteiger partial charge in [-0.3, -0.25) is 4.79 Å². The minimum atomic E-state index is -0.309. The number of hydrogen-bond acceptors (Lipinski definition) is 2. The Morgan fingerprint density at radius 2 is 2.00 bits per heavy atom. The first kappa shape index (κ1) is 16.7. The Balaban J connectivity index is 2.09. The van der Waals surface area contributed by atoms with Crippen molar-refractivity contribution < 1.29 is 13.9 Å². The first-order chi connectivity index (χ1) is 11.0. The first-order valence-corrected chi connectivity index (χ1v) is 7.32. The van der Waals surface area contributed by atoms with Crippen molar-refractivity contribution in [3.8, 4) is 5.75 Å². The van der Waals surface area contributed by atoms with E-state index < -0.39 is 0 Å². The molecule has 0 N–H and O–H groups in total. The second-order valence-corrected chi connectivity index (χ2v) is 5.36. The van der Waals surface area contributed by atoms with Crippen molar-refractivity contribution in [2.75, 3.05) is 14.2 Å². The molecule has 2 rings (SSSR count). The van der Waals surface area contributed by atoms with Crippen LogP contribution in [-0.2, 0) is 11.3 Å². The van der Waals surface area contributed by atoms with E-state index in [1.165, 1.54) is 17.0 Å². The number of nitrogens with zero attached hydrogens (tertiary/aromatic N) is 1. The predicted octanol–water partition coefficient (Wildman–Crippen LogP) is 3.81. The molecule has 0 bridgehead atoms. The summed E-state index contributed by atoms with van der Waals surface area (Å²) in [6, 6.07) is 12.2. The topological polar surface area (TPSA) is 29.5 Å². The lowest BCUT2D eigenvalue weighted by Gasteiger charge is -2.15. The van der Waals surface area contributed by atoms with Crippen LogP contribution in [0.25, 0.3) is 6.08 Å². The molecule has 0 fully saturated rings. The number of carbonyl (C=O) groups is 1. The summed E-state index contributed by atoms with van der Waals surface area (Å²) >= 11 is 0. The van der Waals surface area contributed by atoms with Crippen LogP contribution in [0.1, 0.15) is 16.7 Å². The van der Waals surface area contributed by atoms with E-state index in [-0.39, 0.29) is 18.3 Å². The third kappa shape index (κ3) is 4.42. The summed E-state index contributed by atoms with van der Waals surface area (Å²) in [7, 11) is 3.24. The fraction of sp³-hybridized carbons (Fsp3) is 0.211. The van der Waals surface area contributed by atoms with E-state index in [0.29, 0.717) is 11.3 Å². The van der Waals surface area contributed by atoms with Crippen LogP contribution in [-0.4, -0.2) is 25.0 Å². The van der Waals surface area contributed by atoms with Gasteiger partial charge >= 0.3 is 0 Å². The molecule has 23 heavy (non-hydrogen) atoms. The maximum absolute atomic E-state index is 13.6. The summed E-state index contributed by atoms with van der Waals surface area (Å²) in [5.74, 6) is 0.199. The van der Waals surface area contributed by atoms with E-state index in [9.17, 15) is 9.18 Å². The standard InChI is InChI=1S/C19H20FNO2/c1-14-8-10-18(23-3)15(12-14)9-11-19(22)21(2)13-16-6-4-5-7-17(16)20/h4-12H,13H2,1-3H3/b11-9+. The molecule has 0 aromatic heterocycles. The zero-order valence-electron chi connectivity index (χ0n) is 13.5. The highest BCUT2D eigenvalue weighted by molar-refractivity contribution is 5.92. The van der Waals surface area contributed by atoms with Crippen molar-refractivity contribution in [3.63, 3.8) is 0 Å². The number of amides is 1. The van der Waals surface area contributed by atoms with E-state index in [2.05, 4.69) is 0 Å². The van der Waals surface area contributed by atoms with Gasteiger partial charge in [-0.1, -0.05) is 29.8 Å². The highest BCUT2D eigenvalue weighted by atomic mass is 19.1. The van der Waals surface area contributed by atoms with Crippen molar-refractivity contribution in [1.82, 2.24) is 4.90 Å². The maximum atomic E-state index is 13.6. The Labute approximate surface area is 136 Å². The minimum Gasteiger partial charge on any atom is -0.496 e. The van der Waals surface area contributed by atoms with Gasteiger partial charge in [0.2, 0.25) is 5.91 Å². The molecule has 0 saturated heterocycles. The van der Waals surface area contributed by atoms with Gasteiger partial charge in [-0.15, -0.1) is 0 Å². The number of ether oxygens (including phenoxy) is 1. The summed E-state index contributed by atoms with van der Waals surface area (Å²) < 4.78 is 18.9. The van der Waals surface area contributed by atoms with E-state index in [1.807, 2.05) is 25.1 Å². The highest BCUT2D eigenvalue weighted by Crippen LogP contribution is 2.21. The molecule has 0 aliphatic rings. The van der Waals surface area contributed by atoms with Crippen LogP contribution in [0, 0.1) is 12.7 Å². The van der Waals surface area contributed by atoms with Gasteiger partial charge in [0.05, 0.1) is 7.11 Å². The summed E-state index contributed by atoms with van der Waals surface area (Å²) in [5.41, 5.74) is 2.41. The predicted molar refractivity (Wildman–Crippen MR) is 89.6 cm³/mol. The van der Waals surface area contributed by atoms with Gasteiger partial charge in [0.25, 0.3) is 0 Å². The Bertz CT molecular complexity index is 725. The zero-order valence-corrected chi connectivity index (χ0v) is 13.5. The molecule has 2 aromatic carbocycles. The molecule has 3 nitrogen and oxygen atoms in total. The van der Waals surface area contributed by atoms with Crippen LogP contribution in [0.3, 0.4) is 0 Å². The summed E-state index contributed by atoms with van der Waals surface area (Å²) in [6.45, 7) is 2.20. The fourth-order valence-corrected chi connectivity index (χ4v) is 2.23. The second-order valence-electron chi connectivity index (χ2n) is 5.36. The molecule has 4 heteroatoms. The lowest BCUT2D eigenvalue weighted by molar-refractivity contribution is -0.125. The molecule has 0 atom stereocenters. The molecule has 0 aliphatic carbocycles. The average Bonchev–Trinajstić information content (AvgIpc) is 2.54. The van der Waals surface area contributed by atoms with Crippen LogP contribution in [0.4, 0.5) is 4.39 Å². The van der Waals surface area contributed by atoms with Gasteiger partial charge < -0.3 is 9.64 Å². The van der Waals surface area contributed by atoms with Crippen molar-refractivity contribution in [1.29, 1.82) is 0 Å². The lowest BCUT2D eigenvalue weighted by atomic mass is 10.1. The summed E-state index contributed by atoms with van der Waals surface area (Å²) in [6.07, 6.45) is 3.18. The number of aryl methyl sites for hydroxylation is 1. The average molecular weight is 313 g/mol. The molecule has 0 unspecified atom stereocenters. The zero-order chi connectivity index (χ0) is 16.8. The molecular formula is C19H20FNO2. The van der Waals surface area contributed by atoms with Gasteiger partial charge in [0.15, 0.2) is 0 Å². The second kappa shape index (κ2) is 7.58. The lowest BCUT2D eigenvalue weighted by Crippen LogP contribution is -2.24. The van der Waals surface area contributed by atoms with Gasteiger partial charge in [-0.05, 0) is 31.2 Å². The van der Waals surface area contributed by atoms with Crippen LogP contribution in [0.5, 0.6) is 5.75 Å². The Morgan fingerprint density at radius 3 is 2.70 bits per heavy atom. The van der Waals surface area contributed by atoms with Crippen molar-refractivity contribution in [2.24, 2.45) is 0 Å². The molecule has 0 heterocycles. The summed E-state index contributed by atoms with van der Waals surface area (Å²) in [4.78, 5) is 13.7. The Hall–Kier alpha value is -2.62. The largest absolute Gasteiger partial charge is 0.496 e. The molecule has 2 aromatic rings. The fourth-order valence-electron chi connectivity index (χ4n) is 2.23. The number of hydrogen-bond donors (Lipinski definition) is 0. The number of likely N-dealkylation sites (N-methyl/N-ethyl adjacent to an activating group) is 1. The van der Waals surface area contributed by atoms with Crippen molar-refractivity contribution >= 4 is 12.0 Å². The van der Waals surface area contributed by atoms with Crippen molar-refractivity contribution in [2.45, 2.75) is 13.5 Å². The third-order valence-electron chi connectivity index (χ3n) is 3.53. The SMILES string of the molecule is COc1ccc(C)cc1/C=C/C(=O)N(C)Cc1ccccc1F. The number of rotatable bonds is 5. The van der Waals surface area contributed by atoms with Crippen LogP contribution >= 0.6 is 0 Å². The van der Waals surface area contributed by atoms with Crippen molar-refractivity contribution in [3.05, 3.63) is 71.0 Å². The molecular weight excluding hydrogens is 293 g/mol. The molecule has 120 valence electrons. The van der Waals surface area contributed by atoms with Gasteiger partial charge in [0, 0.05) is 30.8 Å². The number of benzene rings is 2. The van der Waals surface area contributed by atoms with E-state index in [4.69, 9.17) is 4.74 Å². The van der Waals surface area contributed by atoms with E-state index in [1.54, 1.807) is 38.4 Å². The summed E-state index contributed by atoms with van der Waals surface area (Å²) in [5, 5.41) is 0. The number of carbonyl (C=O) groups excluding carboxylic acids is 1. The molecule has 1 amide bonds. The van der Waals surface area contributed by atoms with Crippen LogP contribution in [0.15, 0.2) is 48.5 Å². The molecule has 0 aliphatic heterocycles. The Morgan fingerprint density at radius 1 is 1.26 bits per heavy atom. The maximum Gasteiger partial charge on any atom is 0.246 e. The minimum absolute atomic E-state index is 0.197.